The first-order valence-electron chi connectivity index (χ1n) is 10.0. The summed E-state index contributed by atoms with van der Waals surface area (Å²) in [6.45, 7) is 0.326. The van der Waals surface area contributed by atoms with Crippen LogP contribution in [0.5, 0.6) is 5.88 Å². The molecule has 0 saturated carbocycles. The van der Waals surface area contributed by atoms with Crippen molar-refractivity contribution in [3.63, 3.8) is 0 Å². The number of rotatable bonds is 5. The molecule has 0 unspecified atom stereocenters. The highest BCUT2D eigenvalue weighted by atomic mass is 16.6. The molecule has 0 saturated heterocycles. The summed E-state index contributed by atoms with van der Waals surface area (Å²) >= 11 is 0. The number of hydrogen-bond acceptors (Lipinski definition) is 5. The summed E-state index contributed by atoms with van der Waals surface area (Å²) < 4.78 is 3.14. The summed E-state index contributed by atoms with van der Waals surface area (Å²) in [5.74, 6) is 0.185. The van der Waals surface area contributed by atoms with E-state index in [1.165, 1.54) is 16.5 Å². The monoisotopic (exact) mass is 426 g/mol. The quantitative estimate of drug-likeness (QED) is 0.339. The van der Waals surface area contributed by atoms with Crippen LogP contribution in [-0.4, -0.2) is 24.0 Å². The summed E-state index contributed by atoms with van der Waals surface area (Å²) in [5, 5.41) is 22.1. The van der Waals surface area contributed by atoms with Gasteiger partial charge in [-0.3, -0.25) is 19.5 Å². The fourth-order valence-electron chi connectivity index (χ4n) is 3.89. The molecule has 0 aliphatic rings. The van der Waals surface area contributed by atoms with E-state index in [9.17, 15) is 20.0 Å². The van der Waals surface area contributed by atoms with Crippen molar-refractivity contribution >= 4 is 22.5 Å². The molecule has 8 nitrogen and oxygen atoms in total. The molecule has 158 valence electrons. The van der Waals surface area contributed by atoms with Crippen molar-refractivity contribution in [2.45, 2.75) is 13.0 Å². The Morgan fingerprint density at radius 1 is 0.906 bits per heavy atom. The number of aromatic hydroxyl groups is 1. The van der Waals surface area contributed by atoms with Gasteiger partial charge in [-0.25, -0.2) is 9.38 Å². The molecule has 0 fully saturated rings. The van der Waals surface area contributed by atoms with Crippen molar-refractivity contribution in [1.29, 1.82) is 0 Å². The van der Waals surface area contributed by atoms with Crippen LogP contribution in [0.4, 0.5) is 5.69 Å². The predicted molar refractivity (Wildman–Crippen MR) is 120 cm³/mol. The smallest absolute Gasteiger partial charge is 0.269 e. The van der Waals surface area contributed by atoms with Gasteiger partial charge in [-0.2, -0.15) is 0 Å². The van der Waals surface area contributed by atoms with Gasteiger partial charge in [0.05, 0.1) is 28.1 Å². The van der Waals surface area contributed by atoms with E-state index in [1.807, 2.05) is 54.6 Å². The number of aromatic nitrogens is 3. The van der Waals surface area contributed by atoms with Crippen LogP contribution in [0.25, 0.3) is 16.8 Å². The van der Waals surface area contributed by atoms with E-state index in [0.29, 0.717) is 28.9 Å². The van der Waals surface area contributed by atoms with Gasteiger partial charge in [0, 0.05) is 18.6 Å². The van der Waals surface area contributed by atoms with Crippen molar-refractivity contribution in [3.8, 4) is 5.88 Å². The second-order valence-corrected chi connectivity index (χ2v) is 7.52. The van der Waals surface area contributed by atoms with E-state index in [-0.39, 0.29) is 29.1 Å². The SMILES string of the molecule is O=c1c(Cc2ccc([N+](=O)[O-])cc2)c(O)n(Cc2ccccc2)c2nc3ccccc3n12. The van der Waals surface area contributed by atoms with Gasteiger partial charge in [-0.05, 0) is 23.3 Å². The Morgan fingerprint density at radius 3 is 2.31 bits per heavy atom. The molecular weight excluding hydrogens is 408 g/mol. The molecule has 0 amide bonds. The van der Waals surface area contributed by atoms with E-state index in [2.05, 4.69) is 4.98 Å². The molecule has 2 heterocycles. The minimum absolute atomic E-state index is 0.0319. The lowest BCUT2D eigenvalue weighted by molar-refractivity contribution is -0.384. The molecule has 0 spiro atoms. The number of para-hydroxylation sites is 2. The predicted octanol–water partition coefficient (Wildman–Crippen LogP) is 3.90. The topological polar surface area (TPSA) is 103 Å². The van der Waals surface area contributed by atoms with E-state index >= 15 is 0 Å². The highest BCUT2D eigenvalue weighted by molar-refractivity contribution is 5.79. The Kier molecular flexibility index (Phi) is 4.67. The molecule has 5 aromatic rings. The summed E-state index contributed by atoms with van der Waals surface area (Å²) in [5.41, 5.74) is 2.73. The normalized spacial score (nSPS) is 11.2. The maximum Gasteiger partial charge on any atom is 0.269 e. The molecule has 0 radical (unpaired) electrons. The molecule has 2 aromatic heterocycles. The summed E-state index contributed by atoms with van der Waals surface area (Å²) in [4.78, 5) is 28.5. The van der Waals surface area contributed by atoms with Crippen LogP contribution in [0.15, 0.2) is 83.7 Å². The lowest BCUT2D eigenvalue weighted by Gasteiger charge is -2.15. The number of fused-ring (bicyclic) bond motifs is 3. The van der Waals surface area contributed by atoms with Crippen LogP contribution in [0.2, 0.25) is 0 Å². The zero-order valence-corrected chi connectivity index (χ0v) is 16.9. The third-order valence-electron chi connectivity index (χ3n) is 5.48. The Labute approximate surface area is 181 Å². The van der Waals surface area contributed by atoms with E-state index in [0.717, 1.165) is 5.56 Å². The van der Waals surface area contributed by atoms with Crippen LogP contribution >= 0.6 is 0 Å². The van der Waals surface area contributed by atoms with Gasteiger partial charge in [-0.15, -0.1) is 0 Å². The minimum atomic E-state index is -0.474. The second-order valence-electron chi connectivity index (χ2n) is 7.52. The summed E-state index contributed by atoms with van der Waals surface area (Å²) in [7, 11) is 0. The van der Waals surface area contributed by atoms with Crippen molar-refractivity contribution in [2.24, 2.45) is 0 Å². The number of nitrogens with zero attached hydrogens (tertiary/aromatic N) is 4. The molecule has 0 aliphatic heterocycles. The number of non-ortho nitro benzene ring substituents is 1. The van der Waals surface area contributed by atoms with Crippen molar-refractivity contribution < 1.29 is 10.0 Å². The average molecular weight is 426 g/mol. The first kappa shape index (κ1) is 19.5. The Hall–Kier alpha value is -4.46. The standard InChI is InChI=1S/C24H18N4O4/c29-22-19(14-16-10-12-18(13-11-16)28(31)32)23(30)27-21-9-5-4-8-20(21)25-24(27)26(22)15-17-6-2-1-3-7-17/h1-13,29H,14-15H2. The molecule has 1 N–H and O–H groups in total. The minimum Gasteiger partial charge on any atom is -0.494 e. The molecule has 8 heteroatoms. The zero-order valence-electron chi connectivity index (χ0n) is 16.9. The average Bonchev–Trinajstić information content (AvgIpc) is 3.20. The third-order valence-corrected chi connectivity index (χ3v) is 5.48. The Bertz CT molecular complexity index is 1520. The zero-order chi connectivity index (χ0) is 22.2. The van der Waals surface area contributed by atoms with Gasteiger partial charge >= 0.3 is 0 Å². The number of imidazole rings is 1. The molecule has 0 atom stereocenters. The van der Waals surface area contributed by atoms with Crippen molar-refractivity contribution in [1.82, 2.24) is 14.0 Å². The summed E-state index contributed by atoms with van der Waals surface area (Å²) in [6.07, 6.45) is 0.125. The second kappa shape index (κ2) is 7.66. The van der Waals surface area contributed by atoms with Crippen LogP contribution < -0.4 is 5.56 Å². The number of benzene rings is 3. The van der Waals surface area contributed by atoms with Crippen LogP contribution in [0.1, 0.15) is 16.7 Å². The first-order valence-corrected chi connectivity index (χ1v) is 10.0. The molecule has 5 rings (SSSR count). The summed E-state index contributed by atoms with van der Waals surface area (Å²) in [6, 6.07) is 22.9. The fraction of sp³-hybridized carbons (Fsp3) is 0.0833. The van der Waals surface area contributed by atoms with E-state index < -0.39 is 4.92 Å². The fourth-order valence-corrected chi connectivity index (χ4v) is 3.89. The number of nitro groups is 1. The van der Waals surface area contributed by atoms with Gasteiger partial charge in [0.15, 0.2) is 0 Å². The van der Waals surface area contributed by atoms with E-state index in [4.69, 9.17) is 0 Å². The van der Waals surface area contributed by atoms with Crippen molar-refractivity contribution in [3.05, 3.63) is 116 Å². The molecule has 0 bridgehead atoms. The molecular formula is C24H18N4O4. The van der Waals surface area contributed by atoms with Gasteiger partial charge < -0.3 is 5.11 Å². The number of nitro benzene ring substituents is 1. The van der Waals surface area contributed by atoms with Gasteiger partial charge in [0.2, 0.25) is 11.7 Å². The maximum absolute atomic E-state index is 13.4. The van der Waals surface area contributed by atoms with Gasteiger partial charge in [-0.1, -0.05) is 54.6 Å². The highest BCUT2D eigenvalue weighted by Crippen LogP contribution is 2.25. The van der Waals surface area contributed by atoms with Gasteiger partial charge in [0.25, 0.3) is 11.2 Å². The van der Waals surface area contributed by atoms with Crippen LogP contribution in [-0.2, 0) is 13.0 Å². The van der Waals surface area contributed by atoms with Gasteiger partial charge in [0.1, 0.15) is 0 Å². The van der Waals surface area contributed by atoms with Crippen LogP contribution in [0.3, 0.4) is 0 Å². The molecule has 32 heavy (non-hydrogen) atoms. The van der Waals surface area contributed by atoms with Crippen molar-refractivity contribution in [2.75, 3.05) is 0 Å². The van der Waals surface area contributed by atoms with E-state index in [1.54, 1.807) is 16.7 Å². The lowest BCUT2D eigenvalue weighted by Crippen LogP contribution is -2.23. The van der Waals surface area contributed by atoms with Crippen LogP contribution in [0, 0.1) is 10.1 Å². The maximum atomic E-state index is 13.4. The molecule has 0 aliphatic carbocycles. The Morgan fingerprint density at radius 2 is 1.59 bits per heavy atom. The Balaban J connectivity index is 1.72. The first-order chi connectivity index (χ1) is 15.5. The lowest BCUT2D eigenvalue weighted by atomic mass is 10.1. The molecule has 3 aromatic carbocycles. The largest absolute Gasteiger partial charge is 0.494 e. The third kappa shape index (κ3) is 3.27. The number of hydrogen-bond donors (Lipinski definition) is 1. The highest BCUT2D eigenvalue weighted by Gasteiger charge is 2.21.